The summed E-state index contributed by atoms with van der Waals surface area (Å²) in [5, 5.41) is 0. The summed E-state index contributed by atoms with van der Waals surface area (Å²) in [6.45, 7) is 7.00. The van der Waals surface area contributed by atoms with Gasteiger partial charge >= 0.3 is 18.0 Å². The molecule has 20 heavy (non-hydrogen) atoms. The lowest BCUT2D eigenvalue weighted by molar-refractivity contribution is -0.274. The molecule has 0 fully saturated rings. The number of carbonyl (C=O) groups is 1. The molecule has 8 heteroatoms. The molecular formula is C12H21F5N2O. The largest absolute Gasteiger partial charge is 0.463 e. The molecule has 0 radical (unpaired) electrons. The lowest BCUT2D eigenvalue weighted by atomic mass is 10.2. The zero-order valence-corrected chi connectivity index (χ0v) is 11.9. The molecule has 1 amide bonds. The summed E-state index contributed by atoms with van der Waals surface area (Å²) >= 11 is 0. The van der Waals surface area contributed by atoms with Crippen LogP contribution in [0.5, 0.6) is 0 Å². The van der Waals surface area contributed by atoms with Gasteiger partial charge in [-0.05, 0) is 33.0 Å². The van der Waals surface area contributed by atoms with Crippen LogP contribution in [0.25, 0.3) is 0 Å². The highest BCUT2D eigenvalue weighted by Crippen LogP contribution is 2.36. The molecule has 0 aromatic carbocycles. The first kappa shape index (κ1) is 19.1. The van der Waals surface area contributed by atoms with Crippen LogP contribution in [0.4, 0.5) is 22.0 Å². The number of halogens is 5. The van der Waals surface area contributed by atoms with Crippen LogP contribution >= 0.6 is 0 Å². The number of hydrogen-bond acceptors (Lipinski definition) is 2. The zero-order chi connectivity index (χ0) is 16.0. The van der Waals surface area contributed by atoms with Gasteiger partial charge in [0, 0.05) is 13.1 Å². The maximum Gasteiger partial charge on any atom is 0.463 e. The first-order chi connectivity index (χ1) is 9.11. The summed E-state index contributed by atoms with van der Waals surface area (Å²) in [6.07, 6.45) is -5.49. The Morgan fingerprint density at radius 1 is 0.900 bits per heavy atom. The van der Waals surface area contributed by atoms with Gasteiger partial charge in [0.25, 0.3) is 0 Å². The maximum absolute atomic E-state index is 13.0. The summed E-state index contributed by atoms with van der Waals surface area (Å²) in [5.41, 5.74) is 0. The minimum atomic E-state index is -5.85. The molecule has 0 bridgehead atoms. The summed E-state index contributed by atoms with van der Waals surface area (Å²) in [4.78, 5) is 13.9. The second-order valence-electron chi connectivity index (χ2n) is 4.34. The van der Waals surface area contributed by atoms with Crippen LogP contribution < -0.4 is 0 Å². The van der Waals surface area contributed by atoms with Crippen molar-refractivity contribution in [3.63, 3.8) is 0 Å². The Balaban J connectivity index is 4.58. The summed E-state index contributed by atoms with van der Waals surface area (Å²) in [5.74, 6) is -7.50. The number of nitrogens with zero attached hydrogens (tertiary/aromatic N) is 2. The van der Waals surface area contributed by atoms with Crippen LogP contribution in [-0.4, -0.2) is 60.5 Å². The first-order valence-corrected chi connectivity index (χ1v) is 6.58. The van der Waals surface area contributed by atoms with Gasteiger partial charge in [-0.2, -0.15) is 22.0 Å². The molecular weight excluding hydrogens is 283 g/mol. The molecule has 0 aromatic heterocycles. The predicted molar refractivity (Wildman–Crippen MR) is 65.7 cm³/mol. The minimum absolute atomic E-state index is 0.114. The second-order valence-corrected chi connectivity index (χ2v) is 4.34. The zero-order valence-electron chi connectivity index (χ0n) is 11.9. The van der Waals surface area contributed by atoms with E-state index in [4.69, 9.17) is 0 Å². The number of hydrogen-bond donors (Lipinski definition) is 0. The Hall–Kier alpha value is -0.920. The summed E-state index contributed by atoms with van der Waals surface area (Å²) in [7, 11) is 0. The fraction of sp³-hybridized carbons (Fsp3) is 0.917. The molecule has 0 aliphatic rings. The van der Waals surface area contributed by atoms with Crippen LogP contribution in [0.15, 0.2) is 0 Å². The lowest BCUT2D eigenvalue weighted by Crippen LogP contribution is -2.52. The van der Waals surface area contributed by atoms with Crippen molar-refractivity contribution in [1.29, 1.82) is 0 Å². The van der Waals surface area contributed by atoms with Gasteiger partial charge in [0.05, 0.1) is 0 Å². The smallest absolute Gasteiger partial charge is 0.337 e. The van der Waals surface area contributed by atoms with E-state index in [-0.39, 0.29) is 13.1 Å². The van der Waals surface area contributed by atoms with Crippen molar-refractivity contribution in [1.82, 2.24) is 9.80 Å². The number of carbonyl (C=O) groups excluding carboxylic acids is 1. The van der Waals surface area contributed by atoms with E-state index in [1.54, 1.807) is 0 Å². The van der Waals surface area contributed by atoms with Crippen molar-refractivity contribution in [3.8, 4) is 0 Å². The van der Waals surface area contributed by atoms with Gasteiger partial charge in [-0.25, -0.2) is 0 Å². The third kappa shape index (κ3) is 4.88. The van der Waals surface area contributed by atoms with Gasteiger partial charge in [0.1, 0.15) is 0 Å². The van der Waals surface area contributed by atoms with Crippen molar-refractivity contribution in [2.75, 3.05) is 32.7 Å². The van der Waals surface area contributed by atoms with Gasteiger partial charge < -0.3 is 9.80 Å². The first-order valence-electron chi connectivity index (χ1n) is 6.58. The lowest BCUT2D eigenvalue weighted by Gasteiger charge is -2.28. The molecule has 3 nitrogen and oxygen atoms in total. The Kier molecular flexibility index (Phi) is 7.40. The monoisotopic (exact) mass is 304 g/mol. The second kappa shape index (κ2) is 7.75. The molecule has 0 rings (SSSR count). The summed E-state index contributed by atoms with van der Waals surface area (Å²) < 4.78 is 62.3. The van der Waals surface area contributed by atoms with Gasteiger partial charge in [-0.3, -0.25) is 4.79 Å². The molecule has 0 aliphatic heterocycles. The van der Waals surface area contributed by atoms with E-state index in [9.17, 15) is 26.7 Å². The Bertz CT molecular complexity index is 303. The van der Waals surface area contributed by atoms with E-state index in [0.29, 0.717) is 17.9 Å². The van der Waals surface area contributed by atoms with Crippen molar-refractivity contribution in [3.05, 3.63) is 0 Å². The van der Waals surface area contributed by atoms with E-state index < -0.39 is 18.0 Å². The highest BCUT2D eigenvalue weighted by atomic mass is 19.4. The Labute approximate surface area is 115 Å². The van der Waals surface area contributed by atoms with Gasteiger partial charge in [0.2, 0.25) is 0 Å². The molecule has 0 saturated carbocycles. The summed E-state index contributed by atoms with van der Waals surface area (Å²) in [6, 6.07) is 0. The average Bonchev–Trinajstić information content (AvgIpc) is 2.37. The van der Waals surface area contributed by atoms with E-state index in [1.165, 1.54) is 6.92 Å². The van der Waals surface area contributed by atoms with E-state index in [2.05, 4.69) is 0 Å². The van der Waals surface area contributed by atoms with E-state index >= 15 is 0 Å². The molecule has 0 unspecified atom stereocenters. The van der Waals surface area contributed by atoms with Gasteiger partial charge in [-0.1, -0.05) is 13.8 Å². The maximum atomic E-state index is 13.0. The molecule has 120 valence electrons. The molecule has 0 atom stereocenters. The van der Waals surface area contributed by atoms with Crippen LogP contribution in [0.1, 0.15) is 27.2 Å². The number of rotatable bonds is 8. The van der Waals surface area contributed by atoms with Crippen molar-refractivity contribution >= 4 is 5.91 Å². The highest BCUT2D eigenvalue weighted by Gasteiger charge is 2.64. The predicted octanol–water partition coefficient (Wildman–Crippen LogP) is 2.76. The van der Waals surface area contributed by atoms with Gasteiger partial charge in [0.15, 0.2) is 0 Å². The number of alkyl halides is 5. The molecule has 0 N–H and O–H groups in total. The fourth-order valence-corrected chi connectivity index (χ4v) is 1.75. The third-order valence-electron chi connectivity index (χ3n) is 3.09. The number of amides is 1. The van der Waals surface area contributed by atoms with E-state index in [1.807, 2.05) is 18.7 Å². The quantitative estimate of drug-likeness (QED) is 0.644. The van der Waals surface area contributed by atoms with Crippen LogP contribution in [0.3, 0.4) is 0 Å². The van der Waals surface area contributed by atoms with Crippen molar-refractivity contribution in [2.45, 2.75) is 39.3 Å². The standard InChI is InChI=1S/C12H21F5N2O/c1-4-18(5-2)8-7-9-19(6-3)10(20)11(13,14)12(15,16)17/h4-9H2,1-3H3. The molecule has 0 aliphatic carbocycles. The minimum Gasteiger partial charge on any atom is -0.337 e. The Morgan fingerprint density at radius 2 is 1.40 bits per heavy atom. The van der Waals surface area contributed by atoms with Crippen LogP contribution in [0, 0.1) is 0 Å². The SMILES string of the molecule is CCN(CC)CCCN(CC)C(=O)C(F)(F)C(F)(F)F. The Morgan fingerprint density at radius 3 is 1.75 bits per heavy atom. The van der Waals surface area contributed by atoms with Crippen molar-refractivity contribution < 1.29 is 26.7 Å². The molecule has 0 saturated heterocycles. The van der Waals surface area contributed by atoms with Gasteiger partial charge in [-0.15, -0.1) is 0 Å². The third-order valence-corrected chi connectivity index (χ3v) is 3.09. The molecule has 0 spiro atoms. The molecule has 0 heterocycles. The van der Waals surface area contributed by atoms with Crippen LogP contribution in [0.2, 0.25) is 0 Å². The van der Waals surface area contributed by atoms with E-state index in [0.717, 1.165) is 13.1 Å². The highest BCUT2D eigenvalue weighted by molar-refractivity contribution is 5.84. The molecule has 0 aromatic rings. The fourth-order valence-electron chi connectivity index (χ4n) is 1.75. The average molecular weight is 304 g/mol. The van der Waals surface area contributed by atoms with Crippen molar-refractivity contribution in [2.24, 2.45) is 0 Å². The topological polar surface area (TPSA) is 23.6 Å². The normalized spacial score (nSPS) is 12.8. The van der Waals surface area contributed by atoms with Crippen LogP contribution in [-0.2, 0) is 4.79 Å².